The van der Waals surface area contributed by atoms with Gasteiger partial charge in [-0.1, -0.05) is 25.0 Å². The standard InChI is InChI=1S/C20H31NO3.ClH/c1-15-7-8-16(13-20(15)23-2)10-12-24-19-6-4-3-5-18(19)21-11-9-17(22)14-21;/h7-8,13,17-19,22H,3-6,9-12,14H2,1-2H3;1H/t17-,18?,19+;/m1./s1/i2+1;. The summed E-state index contributed by atoms with van der Waals surface area (Å²) < 4.78 is 11.7. The molecule has 0 radical (unpaired) electrons. The number of rotatable bonds is 6. The van der Waals surface area contributed by atoms with Crippen LogP contribution in [0.15, 0.2) is 18.2 Å². The first-order valence-electron chi connectivity index (χ1n) is 9.34. The van der Waals surface area contributed by atoms with Crippen molar-refractivity contribution < 1.29 is 14.6 Å². The molecule has 2 fully saturated rings. The van der Waals surface area contributed by atoms with Gasteiger partial charge in [0.2, 0.25) is 0 Å². The largest absolute Gasteiger partial charge is 0.496 e. The Morgan fingerprint density at radius 3 is 2.72 bits per heavy atom. The Morgan fingerprint density at radius 2 is 2.00 bits per heavy atom. The number of ether oxygens (including phenoxy) is 2. The third-order valence-corrected chi connectivity index (χ3v) is 5.53. The van der Waals surface area contributed by atoms with E-state index in [1.165, 1.54) is 30.4 Å². The van der Waals surface area contributed by atoms with Crippen molar-refractivity contribution in [2.75, 3.05) is 26.8 Å². The first kappa shape index (κ1) is 20.5. The lowest BCUT2D eigenvalue weighted by molar-refractivity contribution is -0.0316. The highest BCUT2D eigenvalue weighted by Gasteiger charge is 2.34. The number of hydrogen-bond donors (Lipinski definition) is 1. The van der Waals surface area contributed by atoms with Crippen LogP contribution >= 0.6 is 12.4 Å². The molecule has 0 bridgehead atoms. The number of hydrogen-bond acceptors (Lipinski definition) is 4. The molecule has 1 heterocycles. The smallest absolute Gasteiger partial charge is 0.122 e. The molecule has 1 saturated heterocycles. The normalized spacial score (nSPS) is 27.1. The van der Waals surface area contributed by atoms with Crippen molar-refractivity contribution in [3.8, 4) is 5.75 Å². The molecule has 1 aliphatic heterocycles. The highest BCUT2D eigenvalue weighted by Crippen LogP contribution is 2.28. The second-order valence-electron chi connectivity index (χ2n) is 7.25. The Morgan fingerprint density at radius 1 is 1.20 bits per heavy atom. The number of aliphatic hydroxyl groups is 1. The SMILES string of the molecule is Cc1ccc(CCO[C@H]2CCCCC2N2CC[C@@H](O)C2)cc1O[13CH3].Cl. The van der Waals surface area contributed by atoms with Gasteiger partial charge in [0.15, 0.2) is 0 Å². The minimum atomic E-state index is -0.146. The van der Waals surface area contributed by atoms with Gasteiger partial charge in [-0.3, -0.25) is 4.90 Å². The van der Waals surface area contributed by atoms with E-state index >= 15 is 0 Å². The van der Waals surface area contributed by atoms with Crippen LogP contribution in [0.1, 0.15) is 43.2 Å². The first-order valence-corrected chi connectivity index (χ1v) is 9.34. The van der Waals surface area contributed by atoms with Crippen molar-refractivity contribution in [2.45, 2.75) is 63.7 Å². The number of aryl methyl sites for hydroxylation is 1. The Labute approximate surface area is 157 Å². The van der Waals surface area contributed by atoms with Crippen molar-refractivity contribution in [2.24, 2.45) is 0 Å². The molecule has 0 aromatic heterocycles. The maximum Gasteiger partial charge on any atom is 0.122 e. The van der Waals surface area contributed by atoms with Crippen LogP contribution in [-0.4, -0.2) is 55.1 Å². The minimum Gasteiger partial charge on any atom is -0.496 e. The molecule has 0 spiro atoms. The van der Waals surface area contributed by atoms with Crippen LogP contribution in [0, 0.1) is 6.92 Å². The highest BCUT2D eigenvalue weighted by molar-refractivity contribution is 5.85. The zero-order chi connectivity index (χ0) is 16.9. The lowest BCUT2D eigenvalue weighted by Gasteiger charge is -2.37. The van der Waals surface area contributed by atoms with Crippen molar-refractivity contribution in [3.63, 3.8) is 0 Å². The summed E-state index contributed by atoms with van der Waals surface area (Å²) >= 11 is 0. The van der Waals surface area contributed by atoms with Gasteiger partial charge in [-0.05, 0) is 49.8 Å². The molecule has 1 unspecified atom stereocenters. The summed E-state index contributed by atoms with van der Waals surface area (Å²) in [6, 6.07) is 6.89. The van der Waals surface area contributed by atoms with Crippen LogP contribution in [0.25, 0.3) is 0 Å². The fraction of sp³-hybridized carbons (Fsp3) is 0.700. The van der Waals surface area contributed by atoms with E-state index in [2.05, 4.69) is 30.0 Å². The topological polar surface area (TPSA) is 41.9 Å². The van der Waals surface area contributed by atoms with E-state index in [1.807, 2.05) is 0 Å². The second-order valence-corrected chi connectivity index (χ2v) is 7.25. The number of likely N-dealkylation sites (tertiary alicyclic amines) is 1. The third-order valence-electron chi connectivity index (χ3n) is 5.53. The molecule has 4 nitrogen and oxygen atoms in total. The van der Waals surface area contributed by atoms with Crippen molar-refractivity contribution in [1.82, 2.24) is 4.90 Å². The van der Waals surface area contributed by atoms with E-state index in [0.29, 0.717) is 12.1 Å². The highest BCUT2D eigenvalue weighted by atomic mass is 35.5. The van der Waals surface area contributed by atoms with Gasteiger partial charge in [0.25, 0.3) is 0 Å². The van der Waals surface area contributed by atoms with Crippen LogP contribution in [0.3, 0.4) is 0 Å². The average Bonchev–Trinajstić information content (AvgIpc) is 3.03. The van der Waals surface area contributed by atoms with E-state index in [-0.39, 0.29) is 18.5 Å². The summed E-state index contributed by atoms with van der Waals surface area (Å²) in [5.41, 5.74) is 2.43. The molecule has 142 valence electrons. The zero-order valence-electron chi connectivity index (χ0n) is 15.4. The van der Waals surface area contributed by atoms with Crippen LogP contribution in [0.5, 0.6) is 5.75 Å². The van der Waals surface area contributed by atoms with Crippen molar-refractivity contribution in [3.05, 3.63) is 29.3 Å². The number of nitrogens with zero attached hydrogens (tertiary/aromatic N) is 1. The van der Waals surface area contributed by atoms with E-state index in [0.717, 1.165) is 44.7 Å². The molecule has 25 heavy (non-hydrogen) atoms. The molecule has 3 atom stereocenters. The predicted molar refractivity (Wildman–Crippen MR) is 103 cm³/mol. The fourth-order valence-electron chi connectivity index (χ4n) is 4.11. The van der Waals surface area contributed by atoms with E-state index in [9.17, 15) is 5.11 Å². The first-order chi connectivity index (χ1) is 11.7. The lowest BCUT2D eigenvalue weighted by Crippen LogP contribution is -2.46. The number of benzene rings is 1. The van der Waals surface area contributed by atoms with Crippen molar-refractivity contribution >= 4 is 12.4 Å². The van der Waals surface area contributed by atoms with Gasteiger partial charge < -0.3 is 14.6 Å². The van der Waals surface area contributed by atoms with E-state index in [4.69, 9.17) is 9.47 Å². The molecule has 5 heteroatoms. The number of methoxy groups -OCH3 is 1. The van der Waals surface area contributed by atoms with Gasteiger partial charge in [-0.25, -0.2) is 0 Å². The molecular weight excluding hydrogens is 339 g/mol. The maximum atomic E-state index is 9.82. The number of aliphatic hydroxyl groups excluding tert-OH is 1. The van der Waals surface area contributed by atoms with Crippen LogP contribution in [0.2, 0.25) is 0 Å². The Bertz CT molecular complexity index is 540. The average molecular weight is 371 g/mol. The fourth-order valence-corrected chi connectivity index (χ4v) is 4.11. The molecular formula is C20H32ClNO3. The summed E-state index contributed by atoms with van der Waals surface area (Å²) in [6.07, 6.45) is 6.89. The molecule has 1 aromatic carbocycles. The Hall–Kier alpha value is -0.810. The summed E-state index contributed by atoms with van der Waals surface area (Å²) in [6.45, 7) is 4.65. The minimum absolute atomic E-state index is 0. The van der Waals surface area contributed by atoms with Gasteiger partial charge >= 0.3 is 0 Å². The molecule has 1 N–H and O–H groups in total. The number of halogens is 1. The van der Waals surface area contributed by atoms with Gasteiger partial charge in [-0.15, -0.1) is 12.4 Å². The second kappa shape index (κ2) is 9.77. The van der Waals surface area contributed by atoms with Crippen LogP contribution < -0.4 is 4.74 Å². The molecule has 1 aromatic rings. The zero-order valence-corrected chi connectivity index (χ0v) is 16.3. The summed E-state index contributed by atoms with van der Waals surface area (Å²) in [7, 11) is 1.72. The van der Waals surface area contributed by atoms with Gasteiger partial charge in [-0.2, -0.15) is 0 Å². The summed E-state index contributed by atoms with van der Waals surface area (Å²) in [5, 5.41) is 9.82. The molecule has 2 aliphatic rings. The quantitative estimate of drug-likeness (QED) is 0.779. The molecule has 3 rings (SSSR count). The van der Waals surface area contributed by atoms with Gasteiger partial charge in [0, 0.05) is 19.1 Å². The van der Waals surface area contributed by atoms with Gasteiger partial charge in [0.05, 0.1) is 25.9 Å². The third kappa shape index (κ3) is 5.33. The summed E-state index contributed by atoms with van der Waals surface area (Å²) in [4.78, 5) is 2.45. The molecule has 1 aliphatic carbocycles. The van der Waals surface area contributed by atoms with Gasteiger partial charge in [0.1, 0.15) is 5.75 Å². The maximum absolute atomic E-state index is 9.82. The Balaban J connectivity index is 0.00000225. The lowest BCUT2D eigenvalue weighted by atomic mass is 9.91. The molecule has 0 amide bonds. The summed E-state index contributed by atoms with van der Waals surface area (Å²) in [5.74, 6) is 0.953. The van der Waals surface area contributed by atoms with Crippen molar-refractivity contribution in [1.29, 1.82) is 0 Å². The van der Waals surface area contributed by atoms with E-state index in [1.54, 1.807) is 7.11 Å². The number of β-amino-alcohol motifs (C(OH)–C–C–N with tert-alkyl or cyclic N) is 1. The van der Waals surface area contributed by atoms with Crippen LogP contribution in [0.4, 0.5) is 0 Å². The Kier molecular flexibility index (Phi) is 8.01. The molecule has 1 saturated carbocycles. The van der Waals surface area contributed by atoms with E-state index < -0.39 is 0 Å². The van der Waals surface area contributed by atoms with Crippen LogP contribution in [-0.2, 0) is 11.2 Å². The monoisotopic (exact) mass is 370 g/mol. The predicted octanol–water partition coefficient (Wildman–Crippen LogP) is 3.36.